The van der Waals surface area contributed by atoms with Crippen molar-refractivity contribution in [3.8, 4) is 0 Å². The van der Waals surface area contributed by atoms with Crippen molar-refractivity contribution in [3.63, 3.8) is 0 Å². The summed E-state index contributed by atoms with van der Waals surface area (Å²) in [5.74, 6) is 1.25. The van der Waals surface area contributed by atoms with E-state index in [0.717, 1.165) is 12.5 Å². The van der Waals surface area contributed by atoms with Gasteiger partial charge in [0, 0.05) is 18.9 Å². The van der Waals surface area contributed by atoms with Crippen molar-refractivity contribution in [3.05, 3.63) is 23.2 Å². The summed E-state index contributed by atoms with van der Waals surface area (Å²) >= 11 is 5.52. The monoisotopic (exact) mass is 225 g/mol. The molecule has 5 heteroatoms. The summed E-state index contributed by atoms with van der Waals surface area (Å²) < 4.78 is 0. The van der Waals surface area contributed by atoms with Crippen LogP contribution in [0.1, 0.15) is 23.7 Å². The lowest BCUT2D eigenvalue weighted by atomic mass is 10.3. The Morgan fingerprint density at radius 2 is 2.20 bits per heavy atom. The van der Waals surface area contributed by atoms with Gasteiger partial charge in [-0.1, -0.05) is 6.92 Å². The van der Waals surface area contributed by atoms with Gasteiger partial charge in [0.25, 0.3) is 5.91 Å². The molecule has 2 rings (SSSR count). The first-order chi connectivity index (χ1) is 7.16. The zero-order chi connectivity index (χ0) is 10.8. The lowest BCUT2D eigenvalue weighted by Crippen LogP contribution is -2.26. The molecule has 0 spiro atoms. The second-order valence-electron chi connectivity index (χ2n) is 3.92. The molecular formula is C10H12ClN3O. The van der Waals surface area contributed by atoms with Crippen molar-refractivity contribution in [2.24, 2.45) is 11.8 Å². The number of carbonyl (C=O) groups is 1. The van der Waals surface area contributed by atoms with E-state index in [4.69, 9.17) is 11.6 Å². The smallest absolute Gasteiger partial charge is 0.254 e. The SMILES string of the molecule is CC1CC1CNC(=O)c1cnc(Cl)nc1. The predicted octanol–water partition coefficient (Wildman–Crippen LogP) is 1.52. The normalized spacial score (nSPS) is 23.6. The quantitative estimate of drug-likeness (QED) is 0.794. The van der Waals surface area contributed by atoms with E-state index >= 15 is 0 Å². The molecule has 0 bridgehead atoms. The fraction of sp³-hybridized carbons (Fsp3) is 0.500. The third kappa shape index (κ3) is 2.65. The highest BCUT2D eigenvalue weighted by Gasteiger charge is 2.32. The van der Waals surface area contributed by atoms with Crippen LogP contribution in [0.4, 0.5) is 0 Å². The van der Waals surface area contributed by atoms with Gasteiger partial charge in [0.1, 0.15) is 0 Å². The van der Waals surface area contributed by atoms with Gasteiger partial charge in [-0.3, -0.25) is 4.79 Å². The largest absolute Gasteiger partial charge is 0.352 e. The highest BCUT2D eigenvalue weighted by Crippen LogP contribution is 2.36. The number of halogens is 1. The molecule has 0 aromatic carbocycles. The van der Waals surface area contributed by atoms with E-state index in [1.54, 1.807) is 0 Å². The highest BCUT2D eigenvalue weighted by molar-refractivity contribution is 6.28. The van der Waals surface area contributed by atoms with Crippen LogP contribution in [0.15, 0.2) is 12.4 Å². The van der Waals surface area contributed by atoms with Crippen molar-refractivity contribution in [2.45, 2.75) is 13.3 Å². The molecule has 1 aromatic rings. The topological polar surface area (TPSA) is 54.9 Å². The Bertz CT molecular complexity index is 365. The van der Waals surface area contributed by atoms with Crippen LogP contribution in [-0.2, 0) is 0 Å². The van der Waals surface area contributed by atoms with Crippen molar-refractivity contribution >= 4 is 17.5 Å². The van der Waals surface area contributed by atoms with Gasteiger partial charge in [0.15, 0.2) is 0 Å². The van der Waals surface area contributed by atoms with Crippen LogP contribution in [0.25, 0.3) is 0 Å². The van der Waals surface area contributed by atoms with E-state index in [2.05, 4.69) is 22.2 Å². The molecule has 2 atom stereocenters. The van der Waals surface area contributed by atoms with Crippen LogP contribution in [0, 0.1) is 11.8 Å². The number of nitrogens with zero attached hydrogens (tertiary/aromatic N) is 2. The standard InChI is InChI=1S/C10H12ClN3O/c1-6-2-7(6)3-12-9(15)8-4-13-10(11)14-5-8/h4-7H,2-3H2,1H3,(H,12,15). The summed E-state index contributed by atoms with van der Waals surface area (Å²) in [6.07, 6.45) is 4.07. The average Bonchev–Trinajstić information content (AvgIpc) is 2.92. The molecule has 1 N–H and O–H groups in total. The lowest BCUT2D eigenvalue weighted by Gasteiger charge is -2.03. The maximum atomic E-state index is 11.6. The second-order valence-corrected chi connectivity index (χ2v) is 4.26. The molecule has 80 valence electrons. The van der Waals surface area contributed by atoms with Crippen LogP contribution < -0.4 is 5.32 Å². The van der Waals surface area contributed by atoms with Gasteiger partial charge in [-0.2, -0.15) is 0 Å². The van der Waals surface area contributed by atoms with Crippen molar-refractivity contribution in [1.82, 2.24) is 15.3 Å². The van der Waals surface area contributed by atoms with E-state index in [-0.39, 0.29) is 11.2 Å². The molecule has 1 aliphatic carbocycles. The summed E-state index contributed by atoms with van der Waals surface area (Å²) in [5.41, 5.74) is 0.452. The number of aromatic nitrogens is 2. The van der Waals surface area contributed by atoms with Gasteiger partial charge in [-0.15, -0.1) is 0 Å². The fourth-order valence-electron chi connectivity index (χ4n) is 1.44. The van der Waals surface area contributed by atoms with Gasteiger partial charge in [0.2, 0.25) is 5.28 Å². The third-order valence-electron chi connectivity index (χ3n) is 2.68. The Hall–Kier alpha value is -1.16. The summed E-state index contributed by atoms with van der Waals surface area (Å²) in [5, 5.41) is 3.00. The van der Waals surface area contributed by atoms with Gasteiger partial charge < -0.3 is 5.32 Å². The molecular weight excluding hydrogens is 214 g/mol. The molecule has 1 aromatic heterocycles. The maximum absolute atomic E-state index is 11.6. The van der Waals surface area contributed by atoms with Crippen molar-refractivity contribution in [1.29, 1.82) is 0 Å². The van der Waals surface area contributed by atoms with Crippen molar-refractivity contribution < 1.29 is 4.79 Å². The zero-order valence-corrected chi connectivity index (χ0v) is 9.16. The van der Waals surface area contributed by atoms with E-state index in [0.29, 0.717) is 11.5 Å². The number of carbonyl (C=O) groups excluding carboxylic acids is 1. The predicted molar refractivity (Wildman–Crippen MR) is 56.6 cm³/mol. The second kappa shape index (κ2) is 4.14. The van der Waals surface area contributed by atoms with Crippen LogP contribution in [0.5, 0.6) is 0 Å². The Morgan fingerprint density at radius 1 is 1.60 bits per heavy atom. The number of rotatable bonds is 3. The molecule has 15 heavy (non-hydrogen) atoms. The number of nitrogens with one attached hydrogen (secondary N) is 1. The molecule has 1 heterocycles. The van der Waals surface area contributed by atoms with Gasteiger partial charge in [-0.25, -0.2) is 9.97 Å². The Labute approximate surface area is 93.1 Å². The molecule has 4 nitrogen and oxygen atoms in total. The minimum absolute atomic E-state index is 0.134. The van der Waals surface area contributed by atoms with Crippen LogP contribution in [0.2, 0.25) is 5.28 Å². The first-order valence-corrected chi connectivity index (χ1v) is 5.30. The van der Waals surface area contributed by atoms with Crippen molar-refractivity contribution in [2.75, 3.05) is 6.54 Å². The maximum Gasteiger partial charge on any atom is 0.254 e. The molecule has 1 aliphatic rings. The molecule has 1 saturated carbocycles. The number of hydrogen-bond acceptors (Lipinski definition) is 3. The summed E-state index contributed by atoms with van der Waals surface area (Å²) in [6, 6.07) is 0. The summed E-state index contributed by atoms with van der Waals surface area (Å²) in [6.45, 7) is 2.92. The highest BCUT2D eigenvalue weighted by atomic mass is 35.5. The average molecular weight is 226 g/mol. The Balaban J connectivity index is 1.87. The van der Waals surface area contributed by atoms with E-state index in [1.807, 2.05) is 0 Å². The fourth-order valence-corrected chi connectivity index (χ4v) is 1.54. The summed E-state index contributed by atoms with van der Waals surface area (Å²) in [7, 11) is 0. The van der Waals surface area contributed by atoms with Gasteiger partial charge in [0.05, 0.1) is 5.56 Å². The molecule has 1 fully saturated rings. The van der Waals surface area contributed by atoms with Crippen LogP contribution in [-0.4, -0.2) is 22.4 Å². The minimum Gasteiger partial charge on any atom is -0.352 e. The number of amides is 1. The zero-order valence-electron chi connectivity index (χ0n) is 8.40. The molecule has 0 saturated heterocycles. The van der Waals surface area contributed by atoms with Crippen LogP contribution >= 0.6 is 11.6 Å². The third-order valence-corrected chi connectivity index (χ3v) is 2.88. The molecule has 0 aliphatic heterocycles. The minimum atomic E-state index is -0.134. The molecule has 0 radical (unpaired) electrons. The van der Waals surface area contributed by atoms with Gasteiger partial charge in [-0.05, 0) is 29.9 Å². The first-order valence-electron chi connectivity index (χ1n) is 4.92. The van der Waals surface area contributed by atoms with E-state index < -0.39 is 0 Å². The lowest BCUT2D eigenvalue weighted by molar-refractivity contribution is 0.0950. The molecule has 2 unspecified atom stereocenters. The Morgan fingerprint density at radius 3 is 2.73 bits per heavy atom. The van der Waals surface area contributed by atoms with Crippen LogP contribution in [0.3, 0.4) is 0 Å². The Kier molecular flexibility index (Phi) is 2.86. The van der Waals surface area contributed by atoms with E-state index in [9.17, 15) is 4.79 Å². The van der Waals surface area contributed by atoms with Gasteiger partial charge >= 0.3 is 0 Å². The van der Waals surface area contributed by atoms with E-state index in [1.165, 1.54) is 18.8 Å². The molecule has 1 amide bonds. The first kappa shape index (κ1) is 10.4. The summed E-state index contributed by atoms with van der Waals surface area (Å²) in [4.78, 5) is 19.1. The number of hydrogen-bond donors (Lipinski definition) is 1.